The highest BCUT2D eigenvalue weighted by Crippen LogP contribution is 2.13. The van der Waals surface area contributed by atoms with Gasteiger partial charge in [0.15, 0.2) is 5.96 Å². The second-order valence-corrected chi connectivity index (χ2v) is 6.72. The summed E-state index contributed by atoms with van der Waals surface area (Å²) in [7, 11) is 0. The minimum atomic E-state index is 0.824. The van der Waals surface area contributed by atoms with Crippen molar-refractivity contribution in [2.45, 2.75) is 26.7 Å². The fourth-order valence-corrected chi connectivity index (χ4v) is 3.06. The highest BCUT2D eigenvalue weighted by atomic mass is 32.2. The van der Waals surface area contributed by atoms with Crippen LogP contribution >= 0.6 is 23.1 Å². The molecular formula is C15H26N4S2. The first-order chi connectivity index (χ1) is 10.3. The SMILES string of the molecule is C=CCSCCN=C(NCC)NCCc1ncc(CC)s1. The molecule has 4 nitrogen and oxygen atoms in total. The van der Waals surface area contributed by atoms with Crippen LogP contribution in [0.5, 0.6) is 0 Å². The zero-order chi connectivity index (χ0) is 15.3. The molecule has 0 aliphatic heterocycles. The van der Waals surface area contributed by atoms with Gasteiger partial charge >= 0.3 is 0 Å². The number of aromatic nitrogens is 1. The van der Waals surface area contributed by atoms with E-state index in [2.05, 4.69) is 41.0 Å². The number of nitrogens with zero attached hydrogens (tertiary/aromatic N) is 2. The van der Waals surface area contributed by atoms with Crippen molar-refractivity contribution in [1.29, 1.82) is 0 Å². The molecule has 1 aromatic rings. The summed E-state index contributed by atoms with van der Waals surface area (Å²) in [4.78, 5) is 10.3. The first-order valence-electron chi connectivity index (χ1n) is 7.44. The summed E-state index contributed by atoms with van der Waals surface area (Å²) in [6, 6.07) is 0. The van der Waals surface area contributed by atoms with Crippen molar-refractivity contribution >= 4 is 29.1 Å². The molecule has 0 aromatic carbocycles. The average Bonchev–Trinajstić information content (AvgIpc) is 2.95. The normalized spacial score (nSPS) is 11.4. The third-order valence-electron chi connectivity index (χ3n) is 2.67. The highest BCUT2D eigenvalue weighted by Gasteiger charge is 2.01. The van der Waals surface area contributed by atoms with Gasteiger partial charge < -0.3 is 10.6 Å². The van der Waals surface area contributed by atoms with Crippen LogP contribution in [-0.4, -0.2) is 42.1 Å². The molecule has 0 spiro atoms. The van der Waals surface area contributed by atoms with Crippen LogP contribution in [0.25, 0.3) is 0 Å². The molecule has 1 aromatic heterocycles. The molecule has 1 rings (SSSR count). The number of hydrogen-bond acceptors (Lipinski definition) is 4. The van der Waals surface area contributed by atoms with E-state index < -0.39 is 0 Å². The number of hydrogen-bond donors (Lipinski definition) is 2. The van der Waals surface area contributed by atoms with Gasteiger partial charge in [-0.2, -0.15) is 11.8 Å². The van der Waals surface area contributed by atoms with Crippen molar-refractivity contribution in [2.75, 3.05) is 31.1 Å². The van der Waals surface area contributed by atoms with E-state index in [0.29, 0.717) is 0 Å². The lowest BCUT2D eigenvalue weighted by Crippen LogP contribution is -2.38. The standard InChI is InChI=1S/C15H26N4S2/c1-4-10-20-11-9-18-15(16-6-3)17-8-7-14-19-12-13(5-2)21-14/h4,12H,1,5-11H2,2-3H3,(H2,16,17,18). The van der Waals surface area contributed by atoms with Gasteiger partial charge in [0.25, 0.3) is 0 Å². The molecule has 0 bridgehead atoms. The Hall–Kier alpha value is -1.01. The molecule has 2 N–H and O–H groups in total. The van der Waals surface area contributed by atoms with E-state index in [-0.39, 0.29) is 0 Å². The smallest absolute Gasteiger partial charge is 0.191 e. The predicted molar refractivity (Wildman–Crippen MR) is 96.7 cm³/mol. The second-order valence-electron chi connectivity index (χ2n) is 4.37. The van der Waals surface area contributed by atoms with Gasteiger partial charge in [-0.25, -0.2) is 4.98 Å². The zero-order valence-electron chi connectivity index (χ0n) is 13.0. The van der Waals surface area contributed by atoms with Crippen molar-refractivity contribution in [3.8, 4) is 0 Å². The molecule has 0 aliphatic carbocycles. The Morgan fingerprint density at radius 3 is 3.00 bits per heavy atom. The summed E-state index contributed by atoms with van der Waals surface area (Å²) >= 11 is 3.65. The molecule has 0 radical (unpaired) electrons. The molecule has 1 heterocycles. The first kappa shape index (κ1) is 18.0. The van der Waals surface area contributed by atoms with Crippen molar-refractivity contribution in [1.82, 2.24) is 15.6 Å². The van der Waals surface area contributed by atoms with Crippen molar-refractivity contribution in [3.05, 3.63) is 28.7 Å². The molecule has 0 fully saturated rings. The topological polar surface area (TPSA) is 49.3 Å². The van der Waals surface area contributed by atoms with Gasteiger partial charge in [0.2, 0.25) is 0 Å². The van der Waals surface area contributed by atoms with E-state index in [1.54, 1.807) is 11.3 Å². The highest BCUT2D eigenvalue weighted by molar-refractivity contribution is 7.99. The number of aryl methyl sites for hydroxylation is 1. The number of aliphatic imine (C=N–C) groups is 1. The van der Waals surface area contributed by atoms with E-state index in [9.17, 15) is 0 Å². The molecule has 0 unspecified atom stereocenters. The summed E-state index contributed by atoms with van der Waals surface area (Å²) in [5.41, 5.74) is 0. The zero-order valence-corrected chi connectivity index (χ0v) is 14.7. The first-order valence-corrected chi connectivity index (χ1v) is 9.41. The van der Waals surface area contributed by atoms with Gasteiger partial charge in [0.1, 0.15) is 0 Å². The lowest BCUT2D eigenvalue weighted by molar-refractivity contribution is 0.800. The summed E-state index contributed by atoms with van der Waals surface area (Å²) < 4.78 is 0. The molecule has 6 heteroatoms. The Bertz CT molecular complexity index is 429. The number of thioether (sulfide) groups is 1. The van der Waals surface area contributed by atoms with Gasteiger partial charge in [-0.15, -0.1) is 17.9 Å². The molecule has 0 amide bonds. The van der Waals surface area contributed by atoms with Crippen LogP contribution in [0.3, 0.4) is 0 Å². The molecule has 0 atom stereocenters. The fourth-order valence-electron chi connectivity index (χ4n) is 1.65. The van der Waals surface area contributed by atoms with Gasteiger partial charge in [-0.3, -0.25) is 4.99 Å². The Labute approximate surface area is 136 Å². The Morgan fingerprint density at radius 1 is 1.48 bits per heavy atom. The number of nitrogens with one attached hydrogen (secondary N) is 2. The van der Waals surface area contributed by atoms with Crippen LogP contribution in [0, 0.1) is 0 Å². The number of rotatable bonds is 10. The van der Waals surface area contributed by atoms with E-state index in [1.165, 1.54) is 9.88 Å². The van der Waals surface area contributed by atoms with Crippen molar-refractivity contribution in [3.63, 3.8) is 0 Å². The van der Waals surface area contributed by atoms with Crippen LogP contribution in [0.2, 0.25) is 0 Å². The fraction of sp³-hybridized carbons (Fsp3) is 0.600. The maximum atomic E-state index is 4.56. The third kappa shape index (κ3) is 8.12. The van der Waals surface area contributed by atoms with E-state index >= 15 is 0 Å². The summed E-state index contributed by atoms with van der Waals surface area (Å²) in [5.74, 6) is 2.90. The quantitative estimate of drug-likeness (QED) is 0.300. The Morgan fingerprint density at radius 2 is 2.33 bits per heavy atom. The maximum Gasteiger partial charge on any atom is 0.191 e. The molecule has 0 saturated carbocycles. The van der Waals surface area contributed by atoms with Crippen LogP contribution in [0.1, 0.15) is 23.7 Å². The third-order valence-corrected chi connectivity index (χ3v) is 4.81. The van der Waals surface area contributed by atoms with E-state index in [4.69, 9.17) is 0 Å². The molecule has 21 heavy (non-hydrogen) atoms. The van der Waals surface area contributed by atoms with Crippen LogP contribution in [0.15, 0.2) is 23.8 Å². The molecular weight excluding hydrogens is 300 g/mol. The largest absolute Gasteiger partial charge is 0.357 e. The van der Waals surface area contributed by atoms with Crippen molar-refractivity contribution < 1.29 is 0 Å². The number of thiazole rings is 1. The van der Waals surface area contributed by atoms with Crippen LogP contribution < -0.4 is 10.6 Å². The minimum absolute atomic E-state index is 0.824. The van der Waals surface area contributed by atoms with Crippen LogP contribution in [-0.2, 0) is 12.8 Å². The van der Waals surface area contributed by atoms with Gasteiger partial charge in [-0.05, 0) is 13.3 Å². The van der Waals surface area contributed by atoms with Gasteiger partial charge in [-0.1, -0.05) is 13.0 Å². The maximum absolute atomic E-state index is 4.56. The second kappa shape index (κ2) is 11.6. The molecule has 0 aliphatic rings. The molecule has 0 saturated heterocycles. The molecule has 118 valence electrons. The predicted octanol–water partition coefficient (Wildman–Crippen LogP) is 2.72. The number of guanidine groups is 1. The van der Waals surface area contributed by atoms with E-state index in [0.717, 1.165) is 49.9 Å². The Kier molecular flexibility index (Phi) is 9.99. The van der Waals surface area contributed by atoms with Gasteiger partial charge in [0.05, 0.1) is 11.6 Å². The minimum Gasteiger partial charge on any atom is -0.357 e. The lowest BCUT2D eigenvalue weighted by atomic mass is 10.4. The summed E-state index contributed by atoms with van der Waals surface area (Å²) in [6.45, 7) is 10.5. The van der Waals surface area contributed by atoms with Crippen molar-refractivity contribution in [2.24, 2.45) is 4.99 Å². The van der Waals surface area contributed by atoms with Gasteiger partial charge in [0, 0.05) is 42.1 Å². The summed E-state index contributed by atoms with van der Waals surface area (Å²) in [5, 5.41) is 7.82. The lowest BCUT2D eigenvalue weighted by Gasteiger charge is -2.10. The van der Waals surface area contributed by atoms with E-state index in [1.807, 2.05) is 24.0 Å². The summed E-state index contributed by atoms with van der Waals surface area (Å²) in [6.07, 6.45) is 5.92. The average molecular weight is 327 g/mol. The van der Waals surface area contributed by atoms with Crippen LogP contribution in [0.4, 0.5) is 0 Å². The monoisotopic (exact) mass is 326 g/mol. The Balaban J connectivity index is 2.29.